The molecule has 0 aromatic carbocycles. The number of carbonyl (C=O) groups is 2. The van der Waals surface area contributed by atoms with Crippen molar-refractivity contribution in [3.63, 3.8) is 0 Å². The Labute approximate surface area is 105 Å². The Morgan fingerprint density at radius 2 is 2.28 bits per heavy atom. The van der Waals surface area contributed by atoms with Crippen LogP contribution in [-0.4, -0.2) is 32.8 Å². The molecular weight excluding hydrogens is 236 g/mol. The minimum Gasteiger partial charge on any atom is -0.481 e. The Morgan fingerprint density at radius 3 is 2.78 bits per heavy atom. The second kappa shape index (κ2) is 6.15. The number of nitrogens with two attached hydrogens (primary N) is 1. The number of hydrogen-bond acceptors (Lipinski definition) is 4. The van der Waals surface area contributed by atoms with Crippen LogP contribution in [0.2, 0.25) is 0 Å². The van der Waals surface area contributed by atoms with E-state index in [1.807, 2.05) is 14.0 Å². The number of rotatable bonds is 6. The van der Waals surface area contributed by atoms with Crippen molar-refractivity contribution < 1.29 is 14.7 Å². The van der Waals surface area contributed by atoms with Gasteiger partial charge in [0.1, 0.15) is 0 Å². The Balaban J connectivity index is 2.41. The number of nitrogens with zero attached hydrogens (tertiary/aromatic N) is 2. The van der Waals surface area contributed by atoms with E-state index >= 15 is 0 Å². The van der Waals surface area contributed by atoms with Gasteiger partial charge in [-0.15, -0.1) is 0 Å². The van der Waals surface area contributed by atoms with Crippen LogP contribution in [0.3, 0.4) is 0 Å². The minimum atomic E-state index is -0.957. The number of carboxylic acid groups (broad SMARTS) is 1. The van der Waals surface area contributed by atoms with Crippen LogP contribution in [-0.2, 0) is 23.2 Å². The van der Waals surface area contributed by atoms with Crippen LogP contribution in [0.4, 0.5) is 0 Å². The van der Waals surface area contributed by atoms with E-state index in [0.29, 0.717) is 6.54 Å². The third-order valence-corrected chi connectivity index (χ3v) is 2.80. The van der Waals surface area contributed by atoms with Gasteiger partial charge in [-0.05, 0) is 13.3 Å². The van der Waals surface area contributed by atoms with Gasteiger partial charge in [-0.3, -0.25) is 14.3 Å². The first-order chi connectivity index (χ1) is 8.41. The molecule has 0 fully saturated rings. The van der Waals surface area contributed by atoms with Crippen molar-refractivity contribution in [2.45, 2.75) is 32.4 Å². The zero-order valence-corrected chi connectivity index (χ0v) is 10.5. The van der Waals surface area contributed by atoms with Gasteiger partial charge in [0.05, 0.1) is 12.2 Å². The molecule has 1 aromatic heterocycles. The summed E-state index contributed by atoms with van der Waals surface area (Å²) in [5, 5.41) is 15.2. The van der Waals surface area contributed by atoms with E-state index in [9.17, 15) is 9.59 Å². The molecule has 4 N–H and O–H groups in total. The number of hydrogen-bond donors (Lipinski definition) is 3. The predicted molar refractivity (Wildman–Crippen MR) is 64.6 cm³/mol. The fraction of sp³-hybridized carbons (Fsp3) is 0.545. The molecule has 100 valence electrons. The molecule has 0 aliphatic rings. The van der Waals surface area contributed by atoms with Crippen LogP contribution >= 0.6 is 0 Å². The number of nitrogens with one attached hydrogen (secondary N) is 1. The minimum absolute atomic E-state index is 0.111. The summed E-state index contributed by atoms with van der Waals surface area (Å²) in [6.45, 7) is 2.25. The summed E-state index contributed by atoms with van der Waals surface area (Å²) < 4.78 is 1.71. The monoisotopic (exact) mass is 254 g/mol. The predicted octanol–water partition coefficient (Wildman–Crippen LogP) is -0.463. The third-order valence-electron chi connectivity index (χ3n) is 2.80. The number of carboxylic acids is 1. The van der Waals surface area contributed by atoms with Gasteiger partial charge in [0, 0.05) is 31.3 Å². The number of carbonyl (C=O) groups excluding carboxylic acids is 1. The highest BCUT2D eigenvalue weighted by Crippen LogP contribution is 2.05. The van der Waals surface area contributed by atoms with Gasteiger partial charge in [-0.1, -0.05) is 0 Å². The van der Waals surface area contributed by atoms with Crippen molar-refractivity contribution in [2.24, 2.45) is 12.8 Å². The van der Waals surface area contributed by atoms with Crippen molar-refractivity contribution in [1.82, 2.24) is 15.1 Å². The molecule has 1 atom stereocenters. The second-order valence-electron chi connectivity index (χ2n) is 4.14. The molecule has 1 rings (SSSR count). The highest BCUT2D eigenvalue weighted by atomic mass is 16.4. The lowest BCUT2D eigenvalue weighted by atomic mass is 10.1. The van der Waals surface area contributed by atoms with Crippen molar-refractivity contribution in [1.29, 1.82) is 0 Å². The van der Waals surface area contributed by atoms with Gasteiger partial charge < -0.3 is 16.2 Å². The molecule has 0 radical (unpaired) electrons. The zero-order chi connectivity index (χ0) is 13.7. The number of amides is 1. The Bertz CT molecular complexity index is 441. The van der Waals surface area contributed by atoms with E-state index in [1.54, 1.807) is 10.9 Å². The largest absolute Gasteiger partial charge is 0.481 e. The van der Waals surface area contributed by atoms with Gasteiger partial charge in [0.15, 0.2) is 0 Å². The summed E-state index contributed by atoms with van der Waals surface area (Å²) in [6, 6.07) is -0.793. The molecule has 0 bridgehead atoms. The SMILES string of the molecule is Cc1c(CNC(=O)C(N)CCC(=O)O)cnn1C. The van der Waals surface area contributed by atoms with Gasteiger partial charge >= 0.3 is 5.97 Å². The maximum Gasteiger partial charge on any atom is 0.303 e. The fourth-order valence-electron chi connectivity index (χ4n) is 1.44. The van der Waals surface area contributed by atoms with Crippen molar-refractivity contribution in [3.05, 3.63) is 17.5 Å². The van der Waals surface area contributed by atoms with E-state index in [4.69, 9.17) is 10.8 Å². The number of aryl methyl sites for hydroxylation is 1. The van der Waals surface area contributed by atoms with Gasteiger partial charge in [-0.2, -0.15) is 5.10 Å². The summed E-state index contributed by atoms with van der Waals surface area (Å²) >= 11 is 0. The molecule has 1 heterocycles. The van der Waals surface area contributed by atoms with Crippen LogP contribution in [0, 0.1) is 6.92 Å². The lowest BCUT2D eigenvalue weighted by molar-refractivity contribution is -0.137. The molecule has 1 amide bonds. The van der Waals surface area contributed by atoms with E-state index in [-0.39, 0.29) is 18.7 Å². The molecule has 0 saturated heterocycles. The lowest BCUT2D eigenvalue weighted by Gasteiger charge is -2.10. The quantitative estimate of drug-likeness (QED) is 0.636. The standard InChI is InChI=1S/C11H18N4O3/c1-7-8(6-14-15(7)2)5-13-11(18)9(12)3-4-10(16)17/h6,9H,3-5,12H2,1-2H3,(H,13,18)(H,16,17). The molecule has 1 unspecified atom stereocenters. The molecule has 7 nitrogen and oxygen atoms in total. The van der Waals surface area contributed by atoms with Crippen molar-refractivity contribution in [2.75, 3.05) is 0 Å². The Hall–Kier alpha value is -1.89. The lowest BCUT2D eigenvalue weighted by Crippen LogP contribution is -2.40. The smallest absolute Gasteiger partial charge is 0.303 e. The molecule has 18 heavy (non-hydrogen) atoms. The van der Waals surface area contributed by atoms with E-state index in [1.165, 1.54) is 0 Å². The first kappa shape index (κ1) is 14.2. The molecule has 7 heteroatoms. The van der Waals surface area contributed by atoms with Crippen LogP contribution in [0.1, 0.15) is 24.1 Å². The molecular formula is C11H18N4O3. The summed E-state index contributed by atoms with van der Waals surface area (Å²) in [4.78, 5) is 21.9. The molecule has 1 aromatic rings. The molecule has 0 aliphatic carbocycles. The highest BCUT2D eigenvalue weighted by Gasteiger charge is 2.15. The maximum atomic E-state index is 11.6. The average Bonchev–Trinajstić information content (AvgIpc) is 2.64. The van der Waals surface area contributed by atoms with Crippen LogP contribution in [0.15, 0.2) is 6.20 Å². The van der Waals surface area contributed by atoms with Gasteiger partial charge in [0.25, 0.3) is 0 Å². The summed E-state index contributed by atoms with van der Waals surface area (Å²) in [5.74, 6) is -1.30. The van der Waals surface area contributed by atoms with Gasteiger partial charge in [-0.25, -0.2) is 0 Å². The number of aromatic nitrogens is 2. The fourth-order valence-corrected chi connectivity index (χ4v) is 1.44. The third kappa shape index (κ3) is 3.85. The van der Waals surface area contributed by atoms with Crippen LogP contribution < -0.4 is 11.1 Å². The molecule has 0 aliphatic heterocycles. The van der Waals surface area contributed by atoms with E-state index < -0.39 is 12.0 Å². The van der Waals surface area contributed by atoms with E-state index in [2.05, 4.69) is 10.4 Å². The normalized spacial score (nSPS) is 12.2. The zero-order valence-electron chi connectivity index (χ0n) is 10.5. The highest BCUT2D eigenvalue weighted by molar-refractivity contribution is 5.82. The molecule has 0 spiro atoms. The Kier molecular flexibility index (Phi) is 4.85. The second-order valence-corrected chi connectivity index (χ2v) is 4.14. The van der Waals surface area contributed by atoms with Crippen LogP contribution in [0.25, 0.3) is 0 Å². The number of aliphatic carboxylic acids is 1. The summed E-state index contributed by atoms with van der Waals surface area (Å²) in [7, 11) is 1.82. The van der Waals surface area contributed by atoms with Crippen LogP contribution in [0.5, 0.6) is 0 Å². The summed E-state index contributed by atoms with van der Waals surface area (Å²) in [5.41, 5.74) is 7.46. The maximum absolute atomic E-state index is 11.6. The topological polar surface area (TPSA) is 110 Å². The van der Waals surface area contributed by atoms with Gasteiger partial charge in [0.2, 0.25) is 5.91 Å². The van der Waals surface area contributed by atoms with Crippen molar-refractivity contribution in [3.8, 4) is 0 Å². The molecule has 0 saturated carbocycles. The van der Waals surface area contributed by atoms with E-state index in [0.717, 1.165) is 11.3 Å². The average molecular weight is 254 g/mol. The summed E-state index contributed by atoms with van der Waals surface area (Å²) in [6.07, 6.45) is 1.70. The Morgan fingerprint density at radius 1 is 1.61 bits per heavy atom. The van der Waals surface area contributed by atoms with Crippen molar-refractivity contribution >= 4 is 11.9 Å². The first-order valence-corrected chi connectivity index (χ1v) is 5.64. The first-order valence-electron chi connectivity index (χ1n) is 5.64.